The molecular weight excluding hydrogens is 294 g/mol. The largest absolute Gasteiger partial charge is 0.391 e. The van der Waals surface area contributed by atoms with E-state index in [1.54, 1.807) is 0 Å². The molecule has 0 aromatic heterocycles. The van der Waals surface area contributed by atoms with E-state index in [0.717, 1.165) is 23.1 Å². The van der Waals surface area contributed by atoms with Crippen LogP contribution >= 0.6 is 15.9 Å². The van der Waals surface area contributed by atoms with Crippen molar-refractivity contribution in [3.8, 4) is 0 Å². The first-order valence-corrected chi connectivity index (χ1v) is 6.85. The van der Waals surface area contributed by atoms with E-state index >= 15 is 0 Å². The molecule has 1 saturated heterocycles. The normalized spacial score (nSPS) is 24.1. The summed E-state index contributed by atoms with van der Waals surface area (Å²) in [5, 5.41) is 17.6. The molecule has 18 heavy (non-hydrogen) atoms. The van der Waals surface area contributed by atoms with Crippen molar-refractivity contribution in [3.05, 3.63) is 28.2 Å². The molecule has 98 valence electrons. The second-order valence-electron chi connectivity index (χ2n) is 4.85. The van der Waals surface area contributed by atoms with Crippen LogP contribution in [0.5, 0.6) is 0 Å². The van der Waals surface area contributed by atoms with Gasteiger partial charge in [0, 0.05) is 28.8 Å². The van der Waals surface area contributed by atoms with Gasteiger partial charge in [-0.15, -0.1) is 0 Å². The van der Waals surface area contributed by atoms with Crippen LogP contribution in [0.3, 0.4) is 0 Å². The Morgan fingerprint density at radius 3 is 2.89 bits per heavy atom. The molecule has 2 rings (SSSR count). The fourth-order valence-electron chi connectivity index (χ4n) is 2.27. The second-order valence-corrected chi connectivity index (χ2v) is 5.77. The molecular formula is C13H18BrN3O. The second kappa shape index (κ2) is 5.28. The number of amidine groups is 1. The van der Waals surface area contributed by atoms with Crippen LogP contribution in [0.1, 0.15) is 18.9 Å². The highest BCUT2D eigenvalue weighted by Crippen LogP contribution is 2.28. The van der Waals surface area contributed by atoms with Crippen LogP contribution in [-0.2, 0) is 0 Å². The third-order valence-electron chi connectivity index (χ3n) is 3.51. The molecule has 4 N–H and O–H groups in total. The number of hydrogen-bond acceptors (Lipinski definition) is 3. The maximum atomic E-state index is 9.96. The SMILES string of the molecule is CC1CCN(c2ccc(Br)cc2C(=N)N)CC1O. The van der Waals surface area contributed by atoms with Gasteiger partial charge in [-0.25, -0.2) is 0 Å². The van der Waals surface area contributed by atoms with E-state index in [0.29, 0.717) is 18.0 Å². The van der Waals surface area contributed by atoms with E-state index < -0.39 is 0 Å². The number of benzene rings is 1. The first kappa shape index (κ1) is 13.4. The van der Waals surface area contributed by atoms with Crippen molar-refractivity contribution in [1.82, 2.24) is 0 Å². The fourth-order valence-corrected chi connectivity index (χ4v) is 2.63. The maximum absolute atomic E-state index is 9.96. The molecule has 2 atom stereocenters. The van der Waals surface area contributed by atoms with Gasteiger partial charge >= 0.3 is 0 Å². The first-order chi connectivity index (χ1) is 8.49. The van der Waals surface area contributed by atoms with E-state index in [-0.39, 0.29) is 11.9 Å². The molecule has 0 bridgehead atoms. The Kier molecular flexibility index (Phi) is 3.92. The van der Waals surface area contributed by atoms with Gasteiger partial charge < -0.3 is 15.7 Å². The minimum Gasteiger partial charge on any atom is -0.391 e. The number of hydrogen-bond donors (Lipinski definition) is 3. The summed E-state index contributed by atoms with van der Waals surface area (Å²) in [6.07, 6.45) is 0.636. The van der Waals surface area contributed by atoms with Crippen molar-refractivity contribution in [3.63, 3.8) is 0 Å². The molecule has 1 aliphatic heterocycles. The number of aliphatic hydroxyl groups excluding tert-OH is 1. The van der Waals surface area contributed by atoms with Crippen LogP contribution in [0, 0.1) is 11.3 Å². The van der Waals surface area contributed by atoms with Gasteiger partial charge in [0.2, 0.25) is 0 Å². The number of nitrogen functional groups attached to an aromatic ring is 1. The number of β-amino-alcohol motifs (C(OH)–C–C–N with tert-alkyl or cyclic N) is 1. The summed E-state index contributed by atoms with van der Waals surface area (Å²) in [6, 6.07) is 5.73. The van der Waals surface area contributed by atoms with Crippen molar-refractivity contribution in [1.29, 1.82) is 5.41 Å². The molecule has 1 fully saturated rings. The van der Waals surface area contributed by atoms with Crippen LogP contribution in [0.2, 0.25) is 0 Å². The molecule has 2 unspecified atom stereocenters. The topological polar surface area (TPSA) is 73.3 Å². The van der Waals surface area contributed by atoms with Crippen molar-refractivity contribution in [2.45, 2.75) is 19.4 Å². The smallest absolute Gasteiger partial charge is 0.124 e. The summed E-state index contributed by atoms with van der Waals surface area (Å²) in [7, 11) is 0. The van der Waals surface area contributed by atoms with E-state index in [2.05, 4.69) is 27.8 Å². The van der Waals surface area contributed by atoms with Gasteiger partial charge in [-0.3, -0.25) is 5.41 Å². The maximum Gasteiger partial charge on any atom is 0.124 e. The summed E-state index contributed by atoms with van der Waals surface area (Å²) >= 11 is 3.39. The van der Waals surface area contributed by atoms with Gasteiger partial charge in [-0.2, -0.15) is 0 Å². The van der Waals surface area contributed by atoms with Crippen molar-refractivity contribution in [2.75, 3.05) is 18.0 Å². The Bertz CT molecular complexity index is 464. The van der Waals surface area contributed by atoms with Gasteiger partial charge in [0.05, 0.1) is 6.10 Å². The van der Waals surface area contributed by atoms with Crippen molar-refractivity contribution in [2.24, 2.45) is 11.7 Å². The predicted octanol–water partition coefficient (Wildman–Crippen LogP) is 1.94. The average molecular weight is 312 g/mol. The number of aliphatic hydroxyl groups is 1. The third kappa shape index (κ3) is 2.67. The molecule has 0 radical (unpaired) electrons. The zero-order valence-electron chi connectivity index (χ0n) is 10.4. The number of nitrogens with one attached hydrogen (secondary N) is 1. The van der Waals surface area contributed by atoms with Gasteiger partial charge in [0.15, 0.2) is 0 Å². The van der Waals surface area contributed by atoms with Crippen molar-refractivity contribution >= 4 is 27.5 Å². The summed E-state index contributed by atoms with van der Waals surface area (Å²) in [5.41, 5.74) is 7.27. The van der Waals surface area contributed by atoms with E-state index in [9.17, 15) is 5.11 Å². The Morgan fingerprint density at radius 2 is 2.28 bits per heavy atom. The molecule has 0 saturated carbocycles. The molecule has 1 aromatic carbocycles. The minimum atomic E-state index is -0.317. The summed E-state index contributed by atoms with van der Waals surface area (Å²) in [4.78, 5) is 2.10. The molecule has 4 nitrogen and oxygen atoms in total. The Labute approximate surface area is 115 Å². The van der Waals surface area contributed by atoms with Crippen LogP contribution < -0.4 is 10.6 Å². The lowest BCUT2D eigenvalue weighted by atomic mass is 9.95. The highest BCUT2D eigenvalue weighted by atomic mass is 79.9. The highest BCUT2D eigenvalue weighted by molar-refractivity contribution is 9.10. The predicted molar refractivity (Wildman–Crippen MR) is 77.2 cm³/mol. The van der Waals surface area contributed by atoms with E-state index in [1.165, 1.54) is 0 Å². The summed E-state index contributed by atoms with van der Waals surface area (Å²) < 4.78 is 0.905. The molecule has 1 aliphatic rings. The van der Waals surface area contributed by atoms with Gasteiger partial charge in [-0.05, 0) is 30.5 Å². The molecule has 1 aromatic rings. The van der Waals surface area contributed by atoms with Gasteiger partial charge in [0.1, 0.15) is 5.84 Å². The number of anilines is 1. The van der Waals surface area contributed by atoms with E-state index in [4.69, 9.17) is 11.1 Å². The molecule has 5 heteroatoms. The number of nitrogens with two attached hydrogens (primary N) is 1. The summed E-state index contributed by atoms with van der Waals surface area (Å²) in [5.74, 6) is 0.386. The third-order valence-corrected chi connectivity index (χ3v) is 4.00. The number of rotatable bonds is 2. The van der Waals surface area contributed by atoms with Crippen molar-refractivity contribution < 1.29 is 5.11 Å². The lowest BCUT2D eigenvalue weighted by Crippen LogP contribution is -2.43. The number of nitrogens with zero attached hydrogens (tertiary/aromatic N) is 1. The highest BCUT2D eigenvalue weighted by Gasteiger charge is 2.25. The average Bonchev–Trinajstić information content (AvgIpc) is 2.32. The van der Waals surface area contributed by atoms with Crippen LogP contribution in [-0.4, -0.2) is 30.1 Å². The van der Waals surface area contributed by atoms with Gasteiger partial charge in [-0.1, -0.05) is 22.9 Å². The molecule has 0 spiro atoms. The molecule has 1 heterocycles. The fraction of sp³-hybridized carbons (Fsp3) is 0.462. The van der Waals surface area contributed by atoms with Crippen LogP contribution in [0.15, 0.2) is 22.7 Å². The summed E-state index contributed by atoms with van der Waals surface area (Å²) in [6.45, 7) is 3.55. The molecule has 0 amide bonds. The Hall–Kier alpha value is -1.07. The minimum absolute atomic E-state index is 0.0550. The lowest BCUT2D eigenvalue weighted by Gasteiger charge is -2.36. The number of piperidine rings is 1. The first-order valence-electron chi connectivity index (χ1n) is 6.06. The zero-order valence-corrected chi connectivity index (χ0v) is 11.9. The van der Waals surface area contributed by atoms with Crippen LogP contribution in [0.25, 0.3) is 0 Å². The van der Waals surface area contributed by atoms with Crippen LogP contribution in [0.4, 0.5) is 5.69 Å². The quantitative estimate of drug-likeness (QED) is 0.577. The lowest BCUT2D eigenvalue weighted by molar-refractivity contribution is 0.103. The molecule has 0 aliphatic carbocycles. The van der Waals surface area contributed by atoms with Gasteiger partial charge in [0.25, 0.3) is 0 Å². The Morgan fingerprint density at radius 1 is 1.56 bits per heavy atom. The van der Waals surface area contributed by atoms with E-state index in [1.807, 2.05) is 18.2 Å². The monoisotopic (exact) mass is 311 g/mol. The zero-order chi connectivity index (χ0) is 13.3. The number of halogens is 1. The standard InChI is InChI=1S/C13H18BrN3O/c1-8-4-5-17(7-12(8)18)11-3-2-9(14)6-10(11)13(15)16/h2-3,6,8,12,18H,4-5,7H2,1H3,(H3,15,16). The Balaban J connectivity index is 2.30.